The van der Waals surface area contributed by atoms with E-state index in [1.54, 1.807) is 48.7 Å². The van der Waals surface area contributed by atoms with Gasteiger partial charge in [-0.25, -0.2) is 9.37 Å². The maximum atomic E-state index is 13.7. The number of aromatic nitrogens is 1. The first kappa shape index (κ1) is 18.1. The Morgan fingerprint density at radius 3 is 2.58 bits per heavy atom. The minimum Gasteiger partial charge on any atom is -0.485 e. The highest BCUT2D eigenvalue weighted by Crippen LogP contribution is 2.23. The Bertz CT molecular complexity index is 905. The van der Waals surface area contributed by atoms with Crippen LogP contribution in [0.3, 0.4) is 0 Å². The van der Waals surface area contributed by atoms with Crippen LogP contribution in [0, 0.1) is 5.82 Å². The van der Waals surface area contributed by atoms with Crippen LogP contribution in [0.5, 0.6) is 5.75 Å². The zero-order valence-electron chi connectivity index (χ0n) is 13.6. The van der Waals surface area contributed by atoms with Crippen molar-refractivity contribution < 1.29 is 9.13 Å². The third kappa shape index (κ3) is 4.91. The zero-order valence-corrected chi connectivity index (χ0v) is 15.2. The van der Waals surface area contributed by atoms with Gasteiger partial charge in [-0.2, -0.15) is 0 Å². The van der Waals surface area contributed by atoms with Gasteiger partial charge in [0.2, 0.25) is 0 Å². The lowest BCUT2D eigenvalue weighted by atomic mass is 10.2. The Morgan fingerprint density at radius 1 is 1.04 bits per heavy atom. The van der Waals surface area contributed by atoms with Crippen molar-refractivity contribution in [3.63, 3.8) is 0 Å². The van der Waals surface area contributed by atoms with Gasteiger partial charge in [-0.15, -0.1) is 0 Å². The SMILES string of the molecule is Fc1ccccc1COc1cccnc1NC(=S)Nc1ccc(Cl)cc1. The molecule has 132 valence electrons. The number of hydrogen-bond donors (Lipinski definition) is 2. The minimum atomic E-state index is -0.314. The number of halogens is 2. The zero-order chi connectivity index (χ0) is 18.4. The summed E-state index contributed by atoms with van der Waals surface area (Å²) in [7, 11) is 0. The predicted octanol–water partition coefficient (Wildman–Crippen LogP) is 5.26. The van der Waals surface area contributed by atoms with Gasteiger partial charge in [-0.3, -0.25) is 0 Å². The standard InChI is InChI=1S/C19H15ClFN3OS/c20-14-7-9-15(10-8-14)23-19(26)24-18-17(6-3-11-22-18)25-12-13-4-1-2-5-16(13)21/h1-11H,12H2,(H2,22,23,24,26). The number of hydrogen-bond acceptors (Lipinski definition) is 3. The first-order valence-corrected chi connectivity index (χ1v) is 8.55. The Labute approximate surface area is 161 Å². The summed E-state index contributed by atoms with van der Waals surface area (Å²) in [6, 6.07) is 17.1. The third-order valence-electron chi connectivity index (χ3n) is 3.45. The molecule has 0 aliphatic rings. The first-order valence-electron chi connectivity index (χ1n) is 7.76. The highest BCUT2D eigenvalue weighted by atomic mass is 35.5. The lowest BCUT2D eigenvalue weighted by Gasteiger charge is -2.14. The predicted molar refractivity (Wildman–Crippen MR) is 106 cm³/mol. The maximum absolute atomic E-state index is 13.7. The third-order valence-corrected chi connectivity index (χ3v) is 3.90. The number of nitrogens with zero attached hydrogens (tertiary/aromatic N) is 1. The lowest BCUT2D eigenvalue weighted by Crippen LogP contribution is -2.20. The van der Waals surface area contributed by atoms with Crippen molar-refractivity contribution in [3.05, 3.63) is 83.3 Å². The van der Waals surface area contributed by atoms with Crippen molar-refractivity contribution in [3.8, 4) is 5.75 Å². The summed E-state index contributed by atoms with van der Waals surface area (Å²) in [4.78, 5) is 4.23. The summed E-state index contributed by atoms with van der Waals surface area (Å²) in [6.45, 7) is 0.0877. The van der Waals surface area contributed by atoms with Gasteiger partial charge < -0.3 is 15.4 Å². The number of pyridine rings is 1. The van der Waals surface area contributed by atoms with Crippen molar-refractivity contribution in [2.45, 2.75) is 6.61 Å². The molecule has 1 aromatic heterocycles. The summed E-state index contributed by atoms with van der Waals surface area (Å²) >= 11 is 11.2. The molecule has 0 bridgehead atoms. The van der Waals surface area contributed by atoms with E-state index in [0.717, 1.165) is 5.69 Å². The van der Waals surface area contributed by atoms with Crippen molar-refractivity contribution in [2.24, 2.45) is 0 Å². The molecule has 7 heteroatoms. The van der Waals surface area contributed by atoms with E-state index < -0.39 is 0 Å². The molecule has 0 spiro atoms. The van der Waals surface area contributed by atoms with Crippen LogP contribution in [0.2, 0.25) is 5.02 Å². The molecule has 3 aromatic rings. The highest BCUT2D eigenvalue weighted by molar-refractivity contribution is 7.80. The van der Waals surface area contributed by atoms with Crippen LogP contribution in [0.15, 0.2) is 66.9 Å². The normalized spacial score (nSPS) is 10.2. The van der Waals surface area contributed by atoms with E-state index in [4.69, 9.17) is 28.6 Å². The summed E-state index contributed by atoms with van der Waals surface area (Å²) in [5.74, 6) is 0.595. The maximum Gasteiger partial charge on any atom is 0.176 e. The average Bonchev–Trinajstić information content (AvgIpc) is 2.64. The number of anilines is 2. The molecular formula is C19H15ClFN3OS. The van der Waals surface area contributed by atoms with E-state index in [1.807, 2.05) is 12.1 Å². The van der Waals surface area contributed by atoms with Crippen LogP contribution in [0.4, 0.5) is 15.9 Å². The van der Waals surface area contributed by atoms with E-state index in [2.05, 4.69) is 15.6 Å². The van der Waals surface area contributed by atoms with Crippen molar-refractivity contribution in [2.75, 3.05) is 10.6 Å². The fraction of sp³-hybridized carbons (Fsp3) is 0.0526. The Kier molecular flexibility index (Phi) is 5.99. The van der Waals surface area contributed by atoms with E-state index in [9.17, 15) is 4.39 Å². The molecule has 0 fully saturated rings. The molecule has 0 amide bonds. The number of thiocarbonyl (C=S) groups is 1. The molecular weight excluding hydrogens is 373 g/mol. The molecule has 3 rings (SSSR count). The molecule has 0 radical (unpaired) electrons. The van der Waals surface area contributed by atoms with E-state index in [-0.39, 0.29) is 12.4 Å². The Morgan fingerprint density at radius 2 is 1.81 bits per heavy atom. The van der Waals surface area contributed by atoms with Crippen LogP contribution in [0.25, 0.3) is 0 Å². The monoisotopic (exact) mass is 387 g/mol. The molecule has 0 aliphatic carbocycles. The second-order valence-electron chi connectivity index (χ2n) is 5.32. The minimum absolute atomic E-state index is 0.0877. The Hall–Kier alpha value is -2.70. The van der Waals surface area contributed by atoms with E-state index in [0.29, 0.717) is 27.3 Å². The fourth-order valence-electron chi connectivity index (χ4n) is 2.17. The molecule has 1 heterocycles. The molecule has 4 nitrogen and oxygen atoms in total. The van der Waals surface area contributed by atoms with Crippen molar-refractivity contribution in [1.82, 2.24) is 4.98 Å². The second kappa shape index (κ2) is 8.60. The van der Waals surface area contributed by atoms with Gasteiger partial charge in [0, 0.05) is 22.5 Å². The molecule has 2 aromatic carbocycles. The summed E-state index contributed by atoms with van der Waals surface area (Å²) in [5, 5.41) is 7.01. The Balaban J connectivity index is 1.65. The van der Waals surface area contributed by atoms with E-state index in [1.165, 1.54) is 6.07 Å². The lowest BCUT2D eigenvalue weighted by molar-refractivity contribution is 0.300. The fourth-order valence-corrected chi connectivity index (χ4v) is 2.52. The van der Waals surface area contributed by atoms with Crippen LogP contribution in [0.1, 0.15) is 5.56 Å². The van der Waals surface area contributed by atoms with Gasteiger partial charge in [-0.05, 0) is 54.7 Å². The smallest absolute Gasteiger partial charge is 0.176 e. The quantitative estimate of drug-likeness (QED) is 0.584. The number of ether oxygens (including phenoxy) is 1. The van der Waals surface area contributed by atoms with Crippen LogP contribution >= 0.6 is 23.8 Å². The molecule has 0 aliphatic heterocycles. The number of benzene rings is 2. The molecule has 26 heavy (non-hydrogen) atoms. The van der Waals surface area contributed by atoms with Gasteiger partial charge in [0.25, 0.3) is 0 Å². The van der Waals surface area contributed by atoms with Crippen LogP contribution < -0.4 is 15.4 Å². The van der Waals surface area contributed by atoms with Gasteiger partial charge in [0.1, 0.15) is 12.4 Å². The van der Waals surface area contributed by atoms with Crippen molar-refractivity contribution in [1.29, 1.82) is 0 Å². The largest absolute Gasteiger partial charge is 0.485 e. The average molecular weight is 388 g/mol. The molecule has 0 atom stereocenters. The van der Waals surface area contributed by atoms with Gasteiger partial charge in [-0.1, -0.05) is 29.8 Å². The second-order valence-corrected chi connectivity index (χ2v) is 6.16. The molecule has 2 N–H and O–H groups in total. The van der Waals surface area contributed by atoms with Crippen molar-refractivity contribution >= 4 is 40.4 Å². The molecule has 0 unspecified atom stereocenters. The molecule has 0 saturated heterocycles. The summed E-state index contributed by atoms with van der Waals surface area (Å²) in [6.07, 6.45) is 1.61. The topological polar surface area (TPSA) is 46.2 Å². The highest BCUT2D eigenvalue weighted by Gasteiger charge is 2.09. The first-order chi connectivity index (χ1) is 12.6. The van der Waals surface area contributed by atoms with Gasteiger partial charge in [0.15, 0.2) is 16.7 Å². The van der Waals surface area contributed by atoms with Gasteiger partial charge in [0.05, 0.1) is 0 Å². The summed E-state index contributed by atoms with van der Waals surface area (Å²) < 4.78 is 19.4. The van der Waals surface area contributed by atoms with Gasteiger partial charge >= 0.3 is 0 Å². The summed E-state index contributed by atoms with van der Waals surface area (Å²) in [5.41, 5.74) is 1.25. The molecule has 0 saturated carbocycles. The van der Waals surface area contributed by atoms with E-state index >= 15 is 0 Å². The number of rotatable bonds is 5. The number of nitrogens with one attached hydrogen (secondary N) is 2. The van der Waals surface area contributed by atoms with Crippen LogP contribution in [-0.4, -0.2) is 10.1 Å². The van der Waals surface area contributed by atoms with Crippen LogP contribution in [-0.2, 0) is 6.61 Å².